The first kappa shape index (κ1) is 51.5. The van der Waals surface area contributed by atoms with Gasteiger partial charge in [0.15, 0.2) is 0 Å². The van der Waals surface area contributed by atoms with Crippen LogP contribution >= 0.6 is 22.9 Å². The number of carbonyl (C=O) groups excluding carboxylic acids is 2. The van der Waals surface area contributed by atoms with E-state index >= 15 is 0 Å². The molecule has 3 aliphatic rings. The number of hydroxylamine groups is 1. The Morgan fingerprint density at radius 3 is 2.47 bits per heavy atom. The zero-order chi connectivity index (χ0) is 47.8. The van der Waals surface area contributed by atoms with E-state index in [9.17, 15) is 9.59 Å². The van der Waals surface area contributed by atoms with Crippen molar-refractivity contribution < 1.29 is 14.4 Å². The lowest BCUT2D eigenvalue weighted by Gasteiger charge is -2.43. The second-order valence-electron chi connectivity index (χ2n) is 16.1. The number of aryl methyl sites for hydroxylation is 3. The van der Waals surface area contributed by atoms with Gasteiger partial charge in [-0.15, -0.1) is 17.9 Å². The van der Waals surface area contributed by atoms with Crippen LogP contribution in [-0.4, -0.2) is 78.7 Å². The van der Waals surface area contributed by atoms with Gasteiger partial charge < -0.3 is 20.0 Å². The number of amides is 2. The van der Waals surface area contributed by atoms with Crippen molar-refractivity contribution in [2.75, 3.05) is 40.3 Å². The number of amidine groups is 1. The number of fused-ring (bicyclic) bond motifs is 2. The Morgan fingerprint density at radius 1 is 1.03 bits per heavy atom. The highest BCUT2D eigenvalue weighted by molar-refractivity contribution is 7.10. The van der Waals surface area contributed by atoms with Gasteiger partial charge in [-0.3, -0.25) is 14.4 Å². The van der Waals surface area contributed by atoms with Gasteiger partial charge in [-0.05, 0) is 108 Å². The molecule has 1 atom stereocenters. The van der Waals surface area contributed by atoms with Gasteiger partial charge in [0.2, 0.25) is 5.91 Å². The first-order valence-electron chi connectivity index (χ1n) is 23.4. The summed E-state index contributed by atoms with van der Waals surface area (Å²) in [6, 6.07) is 18.6. The quantitative estimate of drug-likeness (QED) is 0.0229. The monoisotopic (exact) mass is 928 g/mol. The first-order valence-corrected chi connectivity index (χ1v) is 24.6. The van der Waals surface area contributed by atoms with Gasteiger partial charge in [0.1, 0.15) is 11.9 Å². The predicted octanol–water partition coefficient (Wildman–Crippen LogP) is 11.9. The number of halogens is 1. The van der Waals surface area contributed by atoms with Crippen molar-refractivity contribution in [1.82, 2.24) is 25.5 Å². The molecule has 350 valence electrons. The Balaban J connectivity index is 0.00000199. The first-order chi connectivity index (χ1) is 32.1. The molecule has 1 aromatic heterocycles. The van der Waals surface area contributed by atoms with Gasteiger partial charge in [0, 0.05) is 73.4 Å². The van der Waals surface area contributed by atoms with Crippen molar-refractivity contribution >= 4 is 58.4 Å². The maximum absolute atomic E-state index is 13.3. The van der Waals surface area contributed by atoms with E-state index in [1.165, 1.54) is 21.6 Å². The lowest BCUT2D eigenvalue weighted by Crippen LogP contribution is -2.53. The highest BCUT2D eigenvalue weighted by Crippen LogP contribution is 2.37. The van der Waals surface area contributed by atoms with Crippen LogP contribution in [0.25, 0.3) is 23.3 Å². The molecule has 4 aromatic rings. The lowest BCUT2D eigenvalue weighted by molar-refractivity contribution is -0.125. The summed E-state index contributed by atoms with van der Waals surface area (Å²) in [6.45, 7) is 27.8. The molecule has 0 bridgehead atoms. The van der Waals surface area contributed by atoms with Crippen LogP contribution in [0.15, 0.2) is 115 Å². The van der Waals surface area contributed by atoms with Crippen LogP contribution < -0.4 is 10.8 Å². The van der Waals surface area contributed by atoms with Crippen molar-refractivity contribution in [3.05, 3.63) is 159 Å². The number of carbonyl (C=O) groups is 2. The van der Waals surface area contributed by atoms with Gasteiger partial charge >= 0.3 is 0 Å². The molecular weight excluding hydrogens is 860 g/mol. The highest BCUT2D eigenvalue weighted by Gasteiger charge is 2.38. The number of hydrogen-bond donors (Lipinski definition) is 2. The number of nitrogens with one attached hydrogen (secondary N) is 2. The lowest BCUT2D eigenvalue weighted by atomic mass is 9.89. The van der Waals surface area contributed by atoms with Crippen LogP contribution in [0, 0.1) is 5.92 Å². The fourth-order valence-corrected chi connectivity index (χ4v) is 9.73. The van der Waals surface area contributed by atoms with Crippen LogP contribution in [0.5, 0.6) is 0 Å². The maximum Gasteiger partial charge on any atom is 0.256 e. The number of aliphatic imine (C=N–C) groups is 1. The molecule has 66 heavy (non-hydrogen) atoms. The number of hydrogen-bond acceptors (Lipinski definition) is 7. The van der Waals surface area contributed by atoms with E-state index < -0.39 is 6.04 Å². The molecule has 7 rings (SSSR count). The van der Waals surface area contributed by atoms with Gasteiger partial charge in [-0.1, -0.05) is 114 Å². The van der Waals surface area contributed by atoms with Gasteiger partial charge in [0.25, 0.3) is 5.91 Å². The minimum absolute atomic E-state index is 0.0607. The summed E-state index contributed by atoms with van der Waals surface area (Å²) in [5.41, 5.74) is 14.7. The number of rotatable bonds is 20. The molecule has 2 amide bonds. The van der Waals surface area contributed by atoms with E-state index in [0.717, 1.165) is 94.4 Å². The van der Waals surface area contributed by atoms with E-state index in [4.69, 9.17) is 21.4 Å². The van der Waals surface area contributed by atoms with Gasteiger partial charge in [-0.2, -0.15) is 5.48 Å². The van der Waals surface area contributed by atoms with Crippen LogP contribution in [0.2, 0.25) is 5.02 Å². The number of nitrogens with zero attached hydrogens (tertiary/aromatic N) is 4. The molecule has 0 saturated carbocycles. The molecule has 9 nitrogen and oxygen atoms in total. The number of thiophene rings is 1. The number of allylic oxidation sites excluding steroid dienone is 3. The molecule has 1 aliphatic carbocycles. The van der Waals surface area contributed by atoms with E-state index in [2.05, 4.69) is 121 Å². The minimum Gasteiger partial charge on any atom is -0.370 e. The standard InChI is InChI=1S/C51H57ClN6O3S.2C2H6/c1-7-10-15-47(50(59)53-5)58-32-44-45(51(58)60)33-62-48(44)23-20-35-16-18-36(19-17-35)29-54-61-25-24-56(6)49(40-30-57(31-40)34(4)8-2)55-46-22-21-39(26-37(46)9-3)43-28-41(52)27-38-13-11-12-14-42(38)43;2*1-2/h7-9,12,14,16-19,21-22,26-28,33,40,47,54H,1-4,10-11,13,15,20,23-25,29-32H2,5-6H3,(H,53,59);2*1-2H3. The Hall–Kier alpha value is -5.52. The maximum atomic E-state index is 13.3. The zero-order valence-corrected chi connectivity index (χ0v) is 41.5. The average molecular weight is 930 g/mol. The zero-order valence-electron chi connectivity index (χ0n) is 39.9. The molecule has 3 aromatic carbocycles. The summed E-state index contributed by atoms with van der Waals surface area (Å²) >= 11 is 8.23. The largest absolute Gasteiger partial charge is 0.370 e. The van der Waals surface area contributed by atoms with Gasteiger partial charge in [-0.25, -0.2) is 4.99 Å². The molecule has 0 radical (unpaired) electrons. The molecule has 1 unspecified atom stereocenters. The fourth-order valence-electron chi connectivity index (χ4n) is 8.45. The summed E-state index contributed by atoms with van der Waals surface area (Å²) < 4.78 is 0. The second-order valence-corrected chi connectivity index (χ2v) is 17.5. The Morgan fingerprint density at radius 2 is 1.77 bits per heavy atom. The normalized spacial score (nSPS) is 14.4. The summed E-state index contributed by atoms with van der Waals surface area (Å²) in [4.78, 5) is 44.5. The summed E-state index contributed by atoms with van der Waals surface area (Å²) in [6.07, 6.45) is 14.8. The topological polar surface area (TPSA) is 89.5 Å². The third-order valence-electron chi connectivity index (χ3n) is 12.1. The Kier molecular flexibility index (Phi) is 19.8. The molecule has 2 N–H and O–H groups in total. The molecule has 1 fully saturated rings. The third kappa shape index (κ3) is 12.5. The molecule has 0 spiro atoms. The van der Waals surface area contributed by atoms with Crippen molar-refractivity contribution in [2.24, 2.45) is 10.9 Å². The molecule has 11 heteroatoms. The highest BCUT2D eigenvalue weighted by atomic mass is 35.5. The smallest absolute Gasteiger partial charge is 0.256 e. The second kappa shape index (κ2) is 25.4. The third-order valence-corrected chi connectivity index (χ3v) is 13.4. The predicted molar refractivity (Wildman–Crippen MR) is 279 cm³/mol. The molecular formula is C55H69ClN6O3S. The van der Waals surface area contributed by atoms with Crippen LogP contribution in [0.3, 0.4) is 0 Å². The minimum atomic E-state index is -0.499. The van der Waals surface area contributed by atoms with Crippen molar-refractivity contribution in [1.29, 1.82) is 0 Å². The summed E-state index contributed by atoms with van der Waals surface area (Å²) in [5.74, 6) is 1.01. The van der Waals surface area contributed by atoms with E-state index in [1.54, 1.807) is 35.4 Å². The number of likely N-dealkylation sites (tertiary alicyclic amines) is 1. The Labute approximate surface area is 403 Å². The van der Waals surface area contributed by atoms with Gasteiger partial charge in [0.05, 0.1) is 23.8 Å². The van der Waals surface area contributed by atoms with Crippen molar-refractivity contribution in [3.63, 3.8) is 0 Å². The number of benzene rings is 3. The number of likely N-dealkylation sites (N-methyl/N-ethyl adjacent to an activating group) is 2. The fraction of sp³-hybridized carbons (Fsp3) is 0.364. The van der Waals surface area contributed by atoms with Crippen LogP contribution in [0.1, 0.15) is 95.6 Å². The van der Waals surface area contributed by atoms with E-state index in [-0.39, 0.29) is 17.7 Å². The SMILES string of the molecule is C=CCCC(C(=O)NC)N1Cc2c(csc2CCc2ccc(CNOCCN(C)C(=Nc3ccc(-c4cc(Cl)cc5c4C=CCC5)cc3C=C)C3CN(C(=C)C=C)C3)cc2)C1=O.CC.CC. The molecule has 2 aliphatic heterocycles. The van der Waals surface area contributed by atoms with Crippen LogP contribution in [0.4, 0.5) is 5.69 Å². The molecule has 3 heterocycles. The van der Waals surface area contributed by atoms with Crippen molar-refractivity contribution in [2.45, 2.75) is 85.4 Å². The molecule has 1 saturated heterocycles. The summed E-state index contributed by atoms with van der Waals surface area (Å²) in [7, 11) is 3.69. The van der Waals surface area contributed by atoms with Crippen LogP contribution in [-0.2, 0) is 42.0 Å². The van der Waals surface area contributed by atoms with Crippen molar-refractivity contribution in [3.8, 4) is 11.1 Å². The summed E-state index contributed by atoms with van der Waals surface area (Å²) in [5, 5.41) is 5.42. The average Bonchev–Trinajstić information content (AvgIpc) is 3.89. The van der Waals surface area contributed by atoms with E-state index in [1.807, 2.05) is 39.2 Å². The Bertz CT molecular complexity index is 2400. The van der Waals surface area contributed by atoms with E-state index in [0.29, 0.717) is 39.1 Å².